The van der Waals surface area contributed by atoms with Crippen LogP contribution in [-0.2, 0) is 0 Å². The fourth-order valence-electron chi connectivity index (χ4n) is 1.02. The van der Waals surface area contributed by atoms with Gasteiger partial charge in [-0.15, -0.1) is 6.58 Å². The Labute approximate surface area is 62.4 Å². The van der Waals surface area contributed by atoms with Gasteiger partial charge in [-0.2, -0.15) is 5.26 Å². The third kappa shape index (κ3) is 1.60. The van der Waals surface area contributed by atoms with Gasteiger partial charge in [0.1, 0.15) is 0 Å². The topological polar surface area (TPSA) is 23.8 Å². The van der Waals surface area contributed by atoms with Gasteiger partial charge in [0.15, 0.2) is 0 Å². The van der Waals surface area contributed by atoms with Crippen molar-refractivity contribution in [3.63, 3.8) is 0 Å². The molecule has 0 aromatic carbocycles. The summed E-state index contributed by atoms with van der Waals surface area (Å²) in [5.74, 6) is 0. The van der Waals surface area contributed by atoms with Gasteiger partial charge >= 0.3 is 0 Å². The van der Waals surface area contributed by atoms with Crippen LogP contribution in [0.25, 0.3) is 0 Å². The molecule has 1 aliphatic carbocycles. The van der Waals surface area contributed by atoms with Crippen molar-refractivity contribution >= 4 is 0 Å². The summed E-state index contributed by atoms with van der Waals surface area (Å²) in [5.41, 5.74) is 1.26. The highest BCUT2D eigenvalue weighted by atomic mass is 14.5. The third-order valence-corrected chi connectivity index (χ3v) is 2.12. The van der Waals surface area contributed by atoms with Gasteiger partial charge in [0, 0.05) is 0 Å². The van der Waals surface area contributed by atoms with Crippen LogP contribution in [0.4, 0.5) is 0 Å². The van der Waals surface area contributed by atoms with Gasteiger partial charge in [0.05, 0.1) is 11.5 Å². The molecule has 1 nitrogen and oxygen atoms in total. The molecule has 0 unspecified atom stereocenters. The number of hydrogen-bond donors (Lipinski definition) is 0. The second-order valence-electron chi connectivity index (χ2n) is 3.35. The summed E-state index contributed by atoms with van der Waals surface area (Å²) < 4.78 is 0. The standard InChI is InChI=1S/C9H13N/c1-8(2)3-4-9(7-10)5-6-9/h1,3-6H2,2H3. The first-order chi connectivity index (χ1) is 4.68. The van der Waals surface area contributed by atoms with Gasteiger partial charge in [0.2, 0.25) is 0 Å². The Morgan fingerprint density at radius 2 is 2.30 bits per heavy atom. The van der Waals surface area contributed by atoms with E-state index < -0.39 is 0 Å². The van der Waals surface area contributed by atoms with Gasteiger partial charge in [-0.25, -0.2) is 0 Å². The molecule has 1 fully saturated rings. The molecule has 0 aromatic heterocycles. The van der Waals surface area contributed by atoms with Crippen LogP contribution < -0.4 is 0 Å². The summed E-state index contributed by atoms with van der Waals surface area (Å²) >= 11 is 0. The van der Waals surface area contributed by atoms with E-state index in [1.165, 1.54) is 5.57 Å². The predicted octanol–water partition coefficient (Wildman–Crippen LogP) is 2.65. The molecule has 1 rings (SSSR count). The molecule has 0 bridgehead atoms. The van der Waals surface area contributed by atoms with Crippen LogP contribution in [0.15, 0.2) is 12.2 Å². The quantitative estimate of drug-likeness (QED) is 0.546. The van der Waals surface area contributed by atoms with E-state index in [-0.39, 0.29) is 5.41 Å². The molecule has 0 radical (unpaired) electrons. The highest BCUT2D eigenvalue weighted by Crippen LogP contribution is 2.49. The minimum absolute atomic E-state index is 0.0684. The SMILES string of the molecule is C=C(C)CCC1(C#N)CC1. The molecule has 1 heteroatoms. The van der Waals surface area contributed by atoms with Crippen molar-refractivity contribution in [2.24, 2.45) is 5.41 Å². The van der Waals surface area contributed by atoms with Gasteiger partial charge in [-0.05, 0) is 32.6 Å². The molecule has 0 N–H and O–H groups in total. The molecule has 1 aliphatic rings. The van der Waals surface area contributed by atoms with Crippen LogP contribution in [-0.4, -0.2) is 0 Å². The van der Waals surface area contributed by atoms with Crippen molar-refractivity contribution in [3.8, 4) is 6.07 Å². The van der Waals surface area contributed by atoms with Crippen molar-refractivity contribution in [2.75, 3.05) is 0 Å². The van der Waals surface area contributed by atoms with E-state index in [2.05, 4.69) is 12.6 Å². The normalized spacial score (nSPS) is 19.6. The van der Waals surface area contributed by atoms with Crippen LogP contribution in [0.5, 0.6) is 0 Å². The molecule has 0 aliphatic heterocycles. The number of allylic oxidation sites excluding steroid dienone is 1. The molecule has 0 amide bonds. The summed E-state index contributed by atoms with van der Waals surface area (Å²) in [6.07, 6.45) is 4.26. The Hall–Kier alpha value is -0.770. The minimum atomic E-state index is 0.0684. The Morgan fingerprint density at radius 1 is 1.70 bits per heavy atom. The smallest absolute Gasteiger partial charge is 0.0689 e. The largest absolute Gasteiger partial charge is 0.198 e. The summed E-state index contributed by atoms with van der Waals surface area (Å²) in [7, 11) is 0. The van der Waals surface area contributed by atoms with Crippen molar-refractivity contribution in [1.82, 2.24) is 0 Å². The van der Waals surface area contributed by atoms with E-state index in [0.717, 1.165) is 25.7 Å². The summed E-state index contributed by atoms with van der Waals surface area (Å²) in [6, 6.07) is 2.37. The van der Waals surface area contributed by atoms with E-state index in [4.69, 9.17) is 5.26 Å². The molecule has 10 heavy (non-hydrogen) atoms. The van der Waals surface area contributed by atoms with E-state index in [1.807, 2.05) is 6.92 Å². The van der Waals surface area contributed by atoms with Gasteiger partial charge < -0.3 is 0 Å². The zero-order valence-corrected chi connectivity index (χ0v) is 6.48. The first-order valence-electron chi connectivity index (χ1n) is 3.74. The zero-order chi connectivity index (χ0) is 7.61. The summed E-state index contributed by atoms with van der Waals surface area (Å²) in [5, 5.41) is 8.69. The van der Waals surface area contributed by atoms with Crippen LogP contribution in [0.3, 0.4) is 0 Å². The van der Waals surface area contributed by atoms with Crippen LogP contribution in [0.1, 0.15) is 32.6 Å². The summed E-state index contributed by atoms with van der Waals surface area (Å²) in [6.45, 7) is 5.83. The van der Waals surface area contributed by atoms with E-state index in [0.29, 0.717) is 0 Å². The second-order valence-corrected chi connectivity index (χ2v) is 3.35. The monoisotopic (exact) mass is 135 g/mol. The highest BCUT2D eigenvalue weighted by Gasteiger charge is 2.42. The second kappa shape index (κ2) is 2.46. The van der Waals surface area contributed by atoms with Crippen LogP contribution in [0, 0.1) is 16.7 Å². The molecule has 0 spiro atoms. The zero-order valence-electron chi connectivity index (χ0n) is 6.48. The maximum absolute atomic E-state index is 8.69. The Balaban J connectivity index is 2.27. The van der Waals surface area contributed by atoms with E-state index in [9.17, 15) is 0 Å². The number of nitrogens with zero attached hydrogens (tertiary/aromatic N) is 1. The number of hydrogen-bond acceptors (Lipinski definition) is 1. The lowest BCUT2D eigenvalue weighted by molar-refractivity contribution is 0.595. The minimum Gasteiger partial charge on any atom is -0.198 e. The molecule has 0 atom stereocenters. The maximum atomic E-state index is 8.69. The molecule has 54 valence electrons. The molecule has 0 heterocycles. The van der Waals surface area contributed by atoms with Gasteiger partial charge in [0.25, 0.3) is 0 Å². The average Bonchev–Trinajstić information content (AvgIpc) is 2.64. The third-order valence-electron chi connectivity index (χ3n) is 2.12. The van der Waals surface area contributed by atoms with E-state index in [1.54, 1.807) is 0 Å². The molecular weight excluding hydrogens is 122 g/mol. The highest BCUT2D eigenvalue weighted by molar-refractivity contribution is 5.11. The molecule has 1 saturated carbocycles. The molecular formula is C9H13N. The van der Waals surface area contributed by atoms with Crippen LogP contribution in [0.2, 0.25) is 0 Å². The Morgan fingerprint density at radius 3 is 2.60 bits per heavy atom. The first kappa shape index (κ1) is 7.34. The lowest BCUT2D eigenvalue weighted by Crippen LogP contribution is -1.94. The number of rotatable bonds is 3. The van der Waals surface area contributed by atoms with Gasteiger partial charge in [-0.3, -0.25) is 0 Å². The van der Waals surface area contributed by atoms with E-state index >= 15 is 0 Å². The predicted molar refractivity (Wildman–Crippen MR) is 41.3 cm³/mol. The summed E-state index contributed by atoms with van der Waals surface area (Å²) in [4.78, 5) is 0. The van der Waals surface area contributed by atoms with Crippen molar-refractivity contribution in [2.45, 2.75) is 32.6 Å². The van der Waals surface area contributed by atoms with Gasteiger partial charge in [-0.1, -0.05) is 5.57 Å². The Bertz CT molecular complexity index is 181. The fraction of sp³-hybridized carbons (Fsp3) is 0.667. The van der Waals surface area contributed by atoms with Crippen LogP contribution >= 0.6 is 0 Å². The fourth-order valence-corrected chi connectivity index (χ4v) is 1.02. The molecule has 0 saturated heterocycles. The van der Waals surface area contributed by atoms with Crippen molar-refractivity contribution in [1.29, 1.82) is 5.26 Å². The first-order valence-corrected chi connectivity index (χ1v) is 3.74. The van der Waals surface area contributed by atoms with Crippen molar-refractivity contribution in [3.05, 3.63) is 12.2 Å². The molecule has 0 aromatic rings. The lowest BCUT2D eigenvalue weighted by Gasteiger charge is -2.02. The maximum Gasteiger partial charge on any atom is 0.0689 e. The number of nitriles is 1. The average molecular weight is 135 g/mol. The van der Waals surface area contributed by atoms with Crippen molar-refractivity contribution < 1.29 is 0 Å². The lowest BCUT2D eigenvalue weighted by atomic mass is 10.00. The Kier molecular flexibility index (Phi) is 1.80.